The molecule has 0 amide bonds. The van der Waals surface area contributed by atoms with E-state index in [1.54, 1.807) is 0 Å². The van der Waals surface area contributed by atoms with Gasteiger partial charge in [-0.25, -0.2) is 0 Å². The number of nitrogens with zero attached hydrogens (tertiary/aromatic N) is 1. The van der Waals surface area contributed by atoms with Crippen LogP contribution in [0, 0.1) is 0 Å². The number of benzene rings is 2. The number of rotatable bonds is 9. The molecule has 5 atom stereocenters. The van der Waals surface area contributed by atoms with E-state index in [-0.39, 0.29) is 16.5 Å². The van der Waals surface area contributed by atoms with E-state index >= 15 is 0 Å². The summed E-state index contributed by atoms with van der Waals surface area (Å²) in [6, 6.07) is 21.7. The summed E-state index contributed by atoms with van der Waals surface area (Å²) in [6.07, 6.45) is 2.77. The molecule has 0 aromatic heterocycles. The lowest BCUT2D eigenvalue weighted by molar-refractivity contribution is 0.128. The van der Waals surface area contributed by atoms with Crippen LogP contribution >= 0.6 is 0 Å². The SMILES string of the molecule is CCOCCCN1CN[C@@H]2C(Cc3ccccc3)S(=O)C(Cc3ccccc3)[C@@H]21. The first-order valence-corrected chi connectivity index (χ1v) is 12.1. The molecule has 2 saturated heterocycles. The Morgan fingerprint density at radius 3 is 2.24 bits per heavy atom. The molecule has 2 aromatic carbocycles. The highest BCUT2D eigenvalue weighted by molar-refractivity contribution is 7.86. The topological polar surface area (TPSA) is 41.6 Å². The second kappa shape index (κ2) is 9.98. The van der Waals surface area contributed by atoms with Crippen LogP contribution in [-0.4, -0.2) is 58.1 Å². The van der Waals surface area contributed by atoms with Crippen molar-refractivity contribution < 1.29 is 8.95 Å². The first-order valence-electron chi connectivity index (χ1n) is 10.8. The molecule has 0 spiro atoms. The van der Waals surface area contributed by atoms with E-state index in [0.717, 1.165) is 45.7 Å². The lowest BCUT2D eigenvalue weighted by Crippen LogP contribution is -2.43. The summed E-state index contributed by atoms with van der Waals surface area (Å²) in [5.41, 5.74) is 2.56. The summed E-state index contributed by atoms with van der Waals surface area (Å²) in [5.74, 6) is 0. The van der Waals surface area contributed by atoms with Gasteiger partial charge in [-0.1, -0.05) is 60.7 Å². The predicted octanol–water partition coefficient (Wildman–Crippen LogP) is 3.00. The van der Waals surface area contributed by atoms with Gasteiger partial charge in [0.05, 0.1) is 10.5 Å². The third-order valence-electron chi connectivity index (χ3n) is 6.20. The maximum atomic E-state index is 13.7. The Hall–Kier alpha value is -1.53. The molecule has 4 nitrogen and oxygen atoms in total. The quantitative estimate of drug-likeness (QED) is 0.643. The second-order valence-electron chi connectivity index (χ2n) is 8.03. The van der Waals surface area contributed by atoms with Crippen molar-refractivity contribution in [3.05, 3.63) is 71.8 Å². The van der Waals surface area contributed by atoms with Gasteiger partial charge in [-0.05, 0) is 37.3 Å². The fraction of sp³-hybridized carbons (Fsp3) is 0.500. The van der Waals surface area contributed by atoms with Gasteiger partial charge in [-0.15, -0.1) is 0 Å². The summed E-state index contributed by atoms with van der Waals surface area (Å²) in [7, 11) is -0.873. The van der Waals surface area contributed by atoms with Crippen molar-refractivity contribution in [3.8, 4) is 0 Å². The molecule has 0 radical (unpaired) electrons. The van der Waals surface area contributed by atoms with Crippen LogP contribution in [0.1, 0.15) is 24.5 Å². The second-order valence-corrected chi connectivity index (χ2v) is 9.89. The van der Waals surface area contributed by atoms with E-state index in [0.29, 0.717) is 6.04 Å². The van der Waals surface area contributed by atoms with Crippen LogP contribution in [0.5, 0.6) is 0 Å². The summed E-state index contributed by atoms with van der Waals surface area (Å²) in [4.78, 5) is 2.51. The van der Waals surface area contributed by atoms with Gasteiger partial charge in [0.1, 0.15) is 0 Å². The van der Waals surface area contributed by atoms with Crippen molar-refractivity contribution in [2.75, 3.05) is 26.4 Å². The average molecular weight is 413 g/mol. The van der Waals surface area contributed by atoms with Crippen LogP contribution < -0.4 is 5.32 Å². The van der Waals surface area contributed by atoms with E-state index in [4.69, 9.17) is 4.74 Å². The number of ether oxygens (including phenoxy) is 1. The number of fused-ring (bicyclic) bond motifs is 1. The molecule has 0 aliphatic carbocycles. The molecule has 156 valence electrons. The Balaban J connectivity index is 1.53. The molecular weight excluding hydrogens is 380 g/mol. The standard InChI is InChI=1S/C24H32N2O2S/c1-2-28-15-9-14-26-18-25-23-21(16-19-10-5-3-6-11-19)29(27)22(24(23)26)17-20-12-7-4-8-13-20/h3-8,10-13,21-25H,2,9,14-18H2,1H3/t21?,22?,23-,24+,29?/m1/s1. The van der Waals surface area contributed by atoms with Gasteiger partial charge in [-0.3, -0.25) is 14.4 Å². The summed E-state index contributed by atoms with van der Waals surface area (Å²) in [6.45, 7) is 5.48. The highest BCUT2D eigenvalue weighted by Crippen LogP contribution is 2.36. The van der Waals surface area contributed by atoms with E-state index in [1.807, 2.05) is 19.1 Å². The van der Waals surface area contributed by atoms with E-state index < -0.39 is 10.8 Å². The van der Waals surface area contributed by atoms with Gasteiger partial charge in [0.25, 0.3) is 0 Å². The zero-order valence-corrected chi connectivity index (χ0v) is 18.0. The monoisotopic (exact) mass is 412 g/mol. The summed E-state index contributed by atoms with van der Waals surface area (Å²) < 4.78 is 19.2. The van der Waals surface area contributed by atoms with Crippen molar-refractivity contribution >= 4 is 10.8 Å². The zero-order valence-electron chi connectivity index (χ0n) is 17.2. The molecule has 4 rings (SSSR count). The van der Waals surface area contributed by atoms with Gasteiger partial charge in [0.2, 0.25) is 0 Å². The van der Waals surface area contributed by atoms with E-state index in [9.17, 15) is 4.21 Å². The molecule has 1 N–H and O–H groups in total. The normalized spacial score (nSPS) is 29.2. The highest BCUT2D eigenvalue weighted by Gasteiger charge is 2.53. The van der Waals surface area contributed by atoms with Gasteiger partial charge >= 0.3 is 0 Å². The third kappa shape index (κ3) is 4.80. The van der Waals surface area contributed by atoms with Crippen LogP contribution in [0.4, 0.5) is 0 Å². The number of hydrogen-bond acceptors (Lipinski definition) is 4. The van der Waals surface area contributed by atoms with Crippen molar-refractivity contribution in [1.82, 2.24) is 10.2 Å². The average Bonchev–Trinajstić information content (AvgIpc) is 3.27. The van der Waals surface area contributed by atoms with Crippen LogP contribution in [0.2, 0.25) is 0 Å². The van der Waals surface area contributed by atoms with Crippen LogP contribution in [-0.2, 0) is 28.4 Å². The molecule has 2 aliphatic rings. The van der Waals surface area contributed by atoms with Crippen molar-refractivity contribution in [3.63, 3.8) is 0 Å². The maximum absolute atomic E-state index is 13.7. The van der Waals surface area contributed by atoms with E-state index in [1.165, 1.54) is 11.1 Å². The van der Waals surface area contributed by atoms with Gasteiger partial charge in [0.15, 0.2) is 0 Å². The molecule has 2 aromatic rings. The number of nitrogens with one attached hydrogen (secondary N) is 1. The molecule has 0 bridgehead atoms. The minimum absolute atomic E-state index is 0.160. The third-order valence-corrected chi connectivity index (χ3v) is 8.29. The molecule has 3 unspecified atom stereocenters. The fourth-order valence-electron chi connectivity index (χ4n) is 4.85. The van der Waals surface area contributed by atoms with Gasteiger partial charge in [0, 0.05) is 49.3 Å². The highest BCUT2D eigenvalue weighted by atomic mass is 32.2. The van der Waals surface area contributed by atoms with E-state index in [2.05, 4.69) is 58.7 Å². The minimum Gasteiger partial charge on any atom is -0.382 e. The Morgan fingerprint density at radius 2 is 1.62 bits per heavy atom. The Labute approximate surface area is 177 Å². The van der Waals surface area contributed by atoms with Crippen molar-refractivity contribution in [2.24, 2.45) is 0 Å². The summed E-state index contributed by atoms with van der Waals surface area (Å²) in [5, 5.41) is 4.04. The minimum atomic E-state index is -0.873. The lowest BCUT2D eigenvalue weighted by Gasteiger charge is -2.27. The molecule has 2 heterocycles. The first kappa shape index (κ1) is 20.7. The smallest absolute Gasteiger partial charge is 0.0563 e. The first-order chi connectivity index (χ1) is 14.3. The zero-order chi connectivity index (χ0) is 20.1. The Kier molecular flexibility index (Phi) is 7.14. The molecular formula is C24H32N2O2S. The molecule has 2 fully saturated rings. The largest absolute Gasteiger partial charge is 0.382 e. The van der Waals surface area contributed by atoms with Crippen LogP contribution in [0.3, 0.4) is 0 Å². The molecule has 0 saturated carbocycles. The van der Waals surface area contributed by atoms with Crippen molar-refractivity contribution in [1.29, 1.82) is 0 Å². The Bertz CT molecular complexity index is 786. The Morgan fingerprint density at radius 1 is 1.00 bits per heavy atom. The van der Waals surface area contributed by atoms with Crippen LogP contribution in [0.15, 0.2) is 60.7 Å². The van der Waals surface area contributed by atoms with Crippen LogP contribution in [0.25, 0.3) is 0 Å². The summed E-state index contributed by atoms with van der Waals surface area (Å²) >= 11 is 0. The van der Waals surface area contributed by atoms with Gasteiger partial charge < -0.3 is 4.74 Å². The molecule has 29 heavy (non-hydrogen) atoms. The molecule has 5 heteroatoms. The van der Waals surface area contributed by atoms with Crippen molar-refractivity contribution in [2.45, 2.75) is 48.8 Å². The predicted molar refractivity (Wildman–Crippen MR) is 119 cm³/mol. The van der Waals surface area contributed by atoms with Gasteiger partial charge in [-0.2, -0.15) is 0 Å². The molecule has 2 aliphatic heterocycles. The number of hydrogen-bond donors (Lipinski definition) is 1. The lowest BCUT2D eigenvalue weighted by atomic mass is 9.95. The maximum Gasteiger partial charge on any atom is 0.0563 e. The fourth-order valence-corrected chi connectivity index (χ4v) is 7.17.